The number of likely N-dealkylation sites (tertiary alicyclic amines) is 1. The highest BCUT2D eigenvalue weighted by Gasteiger charge is 2.45. The predicted molar refractivity (Wildman–Crippen MR) is 85.4 cm³/mol. The van der Waals surface area contributed by atoms with Crippen LogP contribution in [0.25, 0.3) is 0 Å². The number of aromatic nitrogens is 1. The van der Waals surface area contributed by atoms with Gasteiger partial charge in [0.15, 0.2) is 11.7 Å². The van der Waals surface area contributed by atoms with E-state index < -0.39 is 23.4 Å². The maximum atomic E-state index is 12.9. The van der Waals surface area contributed by atoms with Crippen molar-refractivity contribution in [3.8, 4) is 0 Å². The van der Waals surface area contributed by atoms with E-state index >= 15 is 0 Å². The number of amides is 1. The molecule has 6 nitrogen and oxygen atoms in total. The van der Waals surface area contributed by atoms with Crippen molar-refractivity contribution >= 4 is 17.5 Å². The Bertz CT molecular complexity index is 826. The normalized spacial score (nSPS) is 17.6. The van der Waals surface area contributed by atoms with Crippen LogP contribution in [0.1, 0.15) is 35.9 Å². The highest BCUT2D eigenvalue weighted by Crippen LogP contribution is 2.22. The first-order valence-corrected chi connectivity index (χ1v) is 7.95. The van der Waals surface area contributed by atoms with Gasteiger partial charge in [0.2, 0.25) is 11.6 Å². The second-order valence-electron chi connectivity index (χ2n) is 6.25. The van der Waals surface area contributed by atoms with E-state index in [-0.39, 0.29) is 30.1 Å². The number of hydrogen-bond donors (Lipinski definition) is 0. The molecule has 130 valence electrons. The topological polar surface area (TPSA) is 80.5 Å². The Balaban J connectivity index is 1.73. The highest BCUT2D eigenvalue weighted by molar-refractivity contribution is 6.43. The number of halogens is 1. The van der Waals surface area contributed by atoms with Crippen LogP contribution in [0.3, 0.4) is 0 Å². The number of ketones is 2. The van der Waals surface area contributed by atoms with Crippen molar-refractivity contribution in [3.05, 3.63) is 53.5 Å². The lowest BCUT2D eigenvalue weighted by atomic mass is 10.0. The second kappa shape index (κ2) is 6.58. The summed E-state index contributed by atoms with van der Waals surface area (Å²) < 4.78 is 18.4. The van der Waals surface area contributed by atoms with Crippen LogP contribution in [-0.2, 0) is 16.0 Å². The highest BCUT2D eigenvalue weighted by atomic mass is 19.1. The molecule has 0 aliphatic carbocycles. The first-order valence-electron chi connectivity index (χ1n) is 7.95. The average molecular weight is 344 g/mol. The minimum Gasteiger partial charge on any atom is -0.437 e. The molecule has 1 saturated heterocycles. The molecular weight excluding hydrogens is 327 g/mol. The summed E-state index contributed by atoms with van der Waals surface area (Å²) >= 11 is 0. The lowest BCUT2D eigenvalue weighted by molar-refractivity contribution is -0.141. The van der Waals surface area contributed by atoms with Gasteiger partial charge in [0.1, 0.15) is 11.7 Å². The van der Waals surface area contributed by atoms with Crippen LogP contribution in [-0.4, -0.2) is 39.9 Å². The first-order chi connectivity index (χ1) is 11.9. The van der Waals surface area contributed by atoms with Gasteiger partial charge in [0.05, 0.1) is 6.20 Å². The molecule has 1 aromatic carbocycles. The predicted octanol–water partition coefficient (Wildman–Crippen LogP) is 2.02. The molecule has 0 spiro atoms. The summed E-state index contributed by atoms with van der Waals surface area (Å²) in [7, 11) is 0. The van der Waals surface area contributed by atoms with Gasteiger partial charge in [-0.1, -0.05) is 12.1 Å². The zero-order valence-electron chi connectivity index (χ0n) is 13.9. The number of carbonyl (C=O) groups is 3. The van der Waals surface area contributed by atoms with Gasteiger partial charge >= 0.3 is 0 Å². The van der Waals surface area contributed by atoms with E-state index in [4.69, 9.17) is 4.42 Å². The van der Waals surface area contributed by atoms with E-state index in [1.54, 1.807) is 26.0 Å². The van der Waals surface area contributed by atoms with Crippen LogP contribution in [0.4, 0.5) is 4.39 Å². The summed E-state index contributed by atoms with van der Waals surface area (Å²) in [6, 6.07) is 5.70. The van der Waals surface area contributed by atoms with E-state index in [2.05, 4.69) is 4.98 Å². The van der Waals surface area contributed by atoms with E-state index in [9.17, 15) is 18.8 Å². The Hall–Kier alpha value is -2.83. The van der Waals surface area contributed by atoms with Gasteiger partial charge < -0.3 is 9.32 Å². The Morgan fingerprint density at radius 2 is 2.00 bits per heavy atom. The van der Waals surface area contributed by atoms with E-state index in [0.29, 0.717) is 6.42 Å². The maximum absolute atomic E-state index is 12.9. The fourth-order valence-corrected chi connectivity index (χ4v) is 2.75. The molecule has 1 aliphatic heterocycles. The molecule has 3 rings (SSSR count). The van der Waals surface area contributed by atoms with Gasteiger partial charge in [0.25, 0.3) is 5.91 Å². The van der Waals surface area contributed by atoms with Gasteiger partial charge in [-0.05, 0) is 31.5 Å². The minimum absolute atomic E-state index is 0.0473. The smallest absolute Gasteiger partial charge is 0.291 e. The molecule has 1 unspecified atom stereocenters. The van der Waals surface area contributed by atoms with Gasteiger partial charge in [-0.2, -0.15) is 0 Å². The number of oxazole rings is 1. The summed E-state index contributed by atoms with van der Waals surface area (Å²) in [6.45, 7) is 3.63. The Kier molecular flexibility index (Phi) is 4.48. The van der Waals surface area contributed by atoms with Gasteiger partial charge in [-0.25, -0.2) is 9.37 Å². The summed E-state index contributed by atoms with van der Waals surface area (Å²) in [5.74, 6) is -3.05. The first kappa shape index (κ1) is 17.0. The number of Topliss-reactive ketones (excluding diaryl/α,β-unsaturated/α-hetero) is 2. The van der Waals surface area contributed by atoms with Gasteiger partial charge in [0, 0.05) is 19.0 Å². The van der Waals surface area contributed by atoms with Crippen molar-refractivity contribution in [1.29, 1.82) is 0 Å². The van der Waals surface area contributed by atoms with Crippen LogP contribution in [0.15, 0.2) is 34.9 Å². The molecule has 7 heteroatoms. The SMILES string of the molecule is CC(C)N1CC(C(=O)c2cnc(Cc3ccc(F)cc3)o2)C(=O)C1=O. The van der Waals surface area contributed by atoms with Crippen LogP contribution < -0.4 is 0 Å². The lowest BCUT2D eigenvalue weighted by Gasteiger charge is -2.19. The fraction of sp³-hybridized carbons (Fsp3) is 0.333. The van der Waals surface area contributed by atoms with Crippen molar-refractivity contribution in [2.24, 2.45) is 5.92 Å². The molecule has 25 heavy (non-hydrogen) atoms. The molecule has 1 aromatic heterocycles. The molecule has 0 saturated carbocycles. The minimum atomic E-state index is -1.05. The zero-order chi connectivity index (χ0) is 18.1. The monoisotopic (exact) mass is 344 g/mol. The third-order valence-electron chi connectivity index (χ3n) is 4.17. The summed E-state index contributed by atoms with van der Waals surface area (Å²) in [5, 5.41) is 0. The number of benzene rings is 1. The summed E-state index contributed by atoms with van der Waals surface area (Å²) in [6.07, 6.45) is 1.56. The molecular formula is C18H17FN2O4. The number of hydrogen-bond acceptors (Lipinski definition) is 5. The van der Waals surface area contributed by atoms with E-state index in [1.807, 2.05) is 0 Å². The van der Waals surface area contributed by atoms with E-state index in [1.165, 1.54) is 23.2 Å². The van der Waals surface area contributed by atoms with Gasteiger partial charge in [-0.3, -0.25) is 14.4 Å². The zero-order valence-corrected chi connectivity index (χ0v) is 13.9. The van der Waals surface area contributed by atoms with Crippen molar-refractivity contribution < 1.29 is 23.2 Å². The number of rotatable bonds is 5. The van der Waals surface area contributed by atoms with E-state index in [0.717, 1.165) is 5.56 Å². The maximum Gasteiger partial charge on any atom is 0.291 e. The average Bonchev–Trinajstić information content (AvgIpc) is 3.15. The fourth-order valence-electron chi connectivity index (χ4n) is 2.75. The lowest BCUT2D eigenvalue weighted by Crippen LogP contribution is -2.33. The molecule has 1 atom stereocenters. The molecule has 0 bridgehead atoms. The molecule has 0 radical (unpaired) electrons. The Labute approximate surface area is 143 Å². The van der Waals surface area contributed by atoms with Crippen LogP contribution in [0, 0.1) is 11.7 Å². The molecule has 1 fully saturated rings. The third-order valence-corrected chi connectivity index (χ3v) is 4.17. The van der Waals surface area contributed by atoms with Crippen molar-refractivity contribution in [2.45, 2.75) is 26.3 Å². The standard InChI is InChI=1S/C18H17FN2O4/c1-10(2)21-9-13(17(23)18(21)24)16(22)14-8-20-15(25-14)7-11-3-5-12(19)6-4-11/h3-6,8,10,13H,7,9H2,1-2H3. The summed E-state index contributed by atoms with van der Waals surface area (Å²) in [5.41, 5.74) is 0.778. The van der Waals surface area contributed by atoms with Crippen LogP contribution in [0.5, 0.6) is 0 Å². The molecule has 1 amide bonds. The van der Waals surface area contributed by atoms with Crippen molar-refractivity contribution in [1.82, 2.24) is 9.88 Å². The molecule has 2 aromatic rings. The largest absolute Gasteiger partial charge is 0.437 e. The third kappa shape index (κ3) is 3.35. The van der Waals surface area contributed by atoms with Crippen molar-refractivity contribution in [2.75, 3.05) is 6.54 Å². The van der Waals surface area contributed by atoms with Crippen LogP contribution in [0.2, 0.25) is 0 Å². The number of carbonyl (C=O) groups excluding carboxylic acids is 3. The number of nitrogens with zero attached hydrogens (tertiary/aromatic N) is 2. The molecule has 0 N–H and O–H groups in total. The Morgan fingerprint density at radius 3 is 2.60 bits per heavy atom. The molecule has 1 aliphatic rings. The summed E-state index contributed by atoms with van der Waals surface area (Å²) in [4.78, 5) is 41.9. The van der Waals surface area contributed by atoms with Crippen LogP contribution >= 0.6 is 0 Å². The Morgan fingerprint density at radius 1 is 1.32 bits per heavy atom. The van der Waals surface area contributed by atoms with Gasteiger partial charge in [-0.15, -0.1) is 0 Å². The molecule has 2 heterocycles. The quantitative estimate of drug-likeness (QED) is 0.471. The van der Waals surface area contributed by atoms with Crippen molar-refractivity contribution in [3.63, 3.8) is 0 Å². The second-order valence-corrected chi connectivity index (χ2v) is 6.25.